The summed E-state index contributed by atoms with van der Waals surface area (Å²) in [6.07, 6.45) is 1.42. The van der Waals surface area contributed by atoms with E-state index in [0.717, 1.165) is 16.9 Å². The van der Waals surface area contributed by atoms with Gasteiger partial charge in [-0.2, -0.15) is 5.10 Å². The van der Waals surface area contributed by atoms with E-state index in [1.165, 1.54) is 6.33 Å². The molecule has 2 rings (SSSR count). The van der Waals surface area contributed by atoms with Gasteiger partial charge < -0.3 is 9.64 Å². The predicted molar refractivity (Wildman–Crippen MR) is 74.3 cm³/mol. The third-order valence-corrected chi connectivity index (χ3v) is 2.97. The molecule has 0 spiro atoms. The molecule has 1 aromatic carbocycles. The van der Waals surface area contributed by atoms with Crippen LogP contribution in [-0.4, -0.2) is 39.6 Å². The highest BCUT2D eigenvalue weighted by Gasteiger charge is 2.12. The number of hydrogen-bond donors (Lipinski definition) is 1. The Labute approximate surface area is 117 Å². The van der Waals surface area contributed by atoms with Gasteiger partial charge in [0.05, 0.1) is 6.54 Å². The summed E-state index contributed by atoms with van der Waals surface area (Å²) in [6, 6.07) is 5.92. The number of benzene rings is 1. The standard InChI is InChI=1S/C14H18N4O2/c1-10-4-5-11(2)12(6-10)20-8-14(19)18(3)7-13-15-9-16-17-13/h4-6,9H,7-8H2,1-3H3,(H,15,16,17). The zero-order valence-electron chi connectivity index (χ0n) is 11.9. The molecule has 1 amide bonds. The number of nitrogens with one attached hydrogen (secondary N) is 1. The number of aromatic nitrogens is 3. The van der Waals surface area contributed by atoms with Crippen LogP contribution >= 0.6 is 0 Å². The number of carbonyl (C=O) groups is 1. The lowest BCUT2D eigenvalue weighted by molar-refractivity contribution is -0.132. The van der Waals surface area contributed by atoms with Gasteiger partial charge in [-0.05, 0) is 31.0 Å². The van der Waals surface area contributed by atoms with Crippen molar-refractivity contribution in [1.29, 1.82) is 0 Å². The van der Waals surface area contributed by atoms with Crippen LogP contribution in [-0.2, 0) is 11.3 Å². The van der Waals surface area contributed by atoms with Gasteiger partial charge in [0.15, 0.2) is 6.61 Å². The average Bonchev–Trinajstić information content (AvgIpc) is 2.92. The molecule has 0 aliphatic heterocycles. The molecule has 2 aromatic rings. The van der Waals surface area contributed by atoms with Gasteiger partial charge >= 0.3 is 0 Å². The van der Waals surface area contributed by atoms with Crippen molar-refractivity contribution < 1.29 is 9.53 Å². The van der Waals surface area contributed by atoms with Gasteiger partial charge in [-0.1, -0.05) is 12.1 Å². The van der Waals surface area contributed by atoms with E-state index in [1.807, 2.05) is 32.0 Å². The number of amides is 1. The number of hydrogen-bond acceptors (Lipinski definition) is 4. The van der Waals surface area contributed by atoms with Crippen molar-refractivity contribution in [2.45, 2.75) is 20.4 Å². The average molecular weight is 274 g/mol. The highest BCUT2D eigenvalue weighted by atomic mass is 16.5. The molecule has 6 nitrogen and oxygen atoms in total. The molecule has 0 unspecified atom stereocenters. The van der Waals surface area contributed by atoms with Crippen LogP contribution in [0.4, 0.5) is 0 Å². The molecule has 0 bridgehead atoms. The van der Waals surface area contributed by atoms with Gasteiger partial charge in [-0.3, -0.25) is 9.89 Å². The Morgan fingerprint density at radius 2 is 2.20 bits per heavy atom. The van der Waals surface area contributed by atoms with E-state index in [1.54, 1.807) is 11.9 Å². The predicted octanol–water partition coefficient (Wildman–Crippen LogP) is 1.46. The van der Waals surface area contributed by atoms with Crippen molar-refractivity contribution in [3.63, 3.8) is 0 Å². The first kappa shape index (κ1) is 14.0. The van der Waals surface area contributed by atoms with Gasteiger partial charge in [-0.25, -0.2) is 4.98 Å². The Balaban J connectivity index is 1.89. The zero-order valence-corrected chi connectivity index (χ0v) is 11.9. The van der Waals surface area contributed by atoms with Crippen LogP contribution in [0.1, 0.15) is 17.0 Å². The molecule has 0 radical (unpaired) electrons. The van der Waals surface area contributed by atoms with Crippen molar-refractivity contribution in [2.24, 2.45) is 0 Å². The third kappa shape index (κ3) is 3.57. The molecular formula is C14H18N4O2. The molecule has 0 aliphatic rings. The number of rotatable bonds is 5. The van der Waals surface area contributed by atoms with Crippen LogP contribution in [0.3, 0.4) is 0 Å². The van der Waals surface area contributed by atoms with Crippen LogP contribution in [0.15, 0.2) is 24.5 Å². The number of carbonyl (C=O) groups excluding carboxylic acids is 1. The van der Waals surface area contributed by atoms with Gasteiger partial charge in [0.2, 0.25) is 0 Å². The molecule has 0 saturated carbocycles. The second-order valence-corrected chi connectivity index (χ2v) is 4.74. The van der Waals surface area contributed by atoms with Gasteiger partial charge in [0.1, 0.15) is 17.9 Å². The van der Waals surface area contributed by atoms with Crippen LogP contribution in [0.2, 0.25) is 0 Å². The van der Waals surface area contributed by atoms with E-state index in [2.05, 4.69) is 15.2 Å². The molecule has 6 heteroatoms. The van der Waals surface area contributed by atoms with Crippen molar-refractivity contribution in [3.8, 4) is 5.75 Å². The Bertz CT molecular complexity index is 581. The van der Waals surface area contributed by atoms with E-state index < -0.39 is 0 Å². The second-order valence-electron chi connectivity index (χ2n) is 4.74. The molecule has 0 aliphatic carbocycles. The first-order chi connectivity index (χ1) is 9.56. The van der Waals surface area contributed by atoms with Crippen molar-refractivity contribution in [2.75, 3.05) is 13.7 Å². The quantitative estimate of drug-likeness (QED) is 0.896. The molecule has 1 heterocycles. The largest absolute Gasteiger partial charge is 0.483 e. The first-order valence-corrected chi connectivity index (χ1v) is 6.34. The third-order valence-electron chi connectivity index (χ3n) is 2.97. The van der Waals surface area contributed by atoms with Crippen molar-refractivity contribution in [3.05, 3.63) is 41.5 Å². The topological polar surface area (TPSA) is 71.1 Å². The minimum atomic E-state index is -0.109. The maximum atomic E-state index is 12.0. The summed E-state index contributed by atoms with van der Waals surface area (Å²) >= 11 is 0. The molecule has 1 N–H and O–H groups in total. The lowest BCUT2D eigenvalue weighted by atomic mass is 10.1. The van der Waals surface area contributed by atoms with Crippen LogP contribution < -0.4 is 4.74 Å². The summed E-state index contributed by atoms with van der Waals surface area (Å²) in [5, 5.41) is 6.46. The highest BCUT2D eigenvalue weighted by molar-refractivity contribution is 5.77. The minimum Gasteiger partial charge on any atom is -0.483 e. The SMILES string of the molecule is Cc1ccc(C)c(OCC(=O)N(C)Cc2ncn[nH]2)c1. The van der Waals surface area contributed by atoms with Crippen LogP contribution in [0.5, 0.6) is 5.75 Å². The maximum absolute atomic E-state index is 12.0. The summed E-state index contributed by atoms with van der Waals surface area (Å²) in [5.74, 6) is 1.28. The second kappa shape index (κ2) is 6.18. The van der Waals surface area contributed by atoms with Gasteiger partial charge in [0, 0.05) is 7.05 Å². The molecule has 0 fully saturated rings. The van der Waals surface area contributed by atoms with E-state index >= 15 is 0 Å². The minimum absolute atomic E-state index is 0.00886. The van der Waals surface area contributed by atoms with Crippen molar-refractivity contribution in [1.82, 2.24) is 20.1 Å². The van der Waals surface area contributed by atoms with Gasteiger partial charge in [-0.15, -0.1) is 0 Å². The molecule has 106 valence electrons. The fraction of sp³-hybridized carbons (Fsp3) is 0.357. The Morgan fingerprint density at radius 1 is 1.40 bits per heavy atom. The number of nitrogens with zero attached hydrogens (tertiary/aromatic N) is 3. The van der Waals surface area contributed by atoms with E-state index in [4.69, 9.17) is 4.74 Å². The summed E-state index contributed by atoms with van der Waals surface area (Å²) in [6.45, 7) is 4.34. The monoisotopic (exact) mass is 274 g/mol. The molecular weight excluding hydrogens is 256 g/mol. The Morgan fingerprint density at radius 3 is 2.90 bits per heavy atom. The normalized spacial score (nSPS) is 10.3. The molecule has 0 saturated heterocycles. The Hall–Kier alpha value is -2.37. The van der Waals surface area contributed by atoms with Crippen LogP contribution in [0, 0.1) is 13.8 Å². The zero-order chi connectivity index (χ0) is 14.5. The summed E-state index contributed by atoms with van der Waals surface area (Å²) in [5.41, 5.74) is 2.12. The number of likely N-dealkylation sites (N-methyl/N-ethyl adjacent to an activating group) is 1. The molecule has 0 atom stereocenters. The number of aromatic amines is 1. The number of aryl methyl sites for hydroxylation is 2. The smallest absolute Gasteiger partial charge is 0.260 e. The lowest BCUT2D eigenvalue weighted by Crippen LogP contribution is -2.31. The maximum Gasteiger partial charge on any atom is 0.260 e. The summed E-state index contributed by atoms with van der Waals surface area (Å²) < 4.78 is 5.58. The lowest BCUT2D eigenvalue weighted by Gasteiger charge is -2.16. The fourth-order valence-corrected chi connectivity index (χ4v) is 1.73. The Kier molecular flexibility index (Phi) is 4.34. The summed E-state index contributed by atoms with van der Waals surface area (Å²) in [4.78, 5) is 17.5. The first-order valence-electron chi connectivity index (χ1n) is 6.34. The van der Waals surface area contributed by atoms with Gasteiger partial charge in [0.25, 0.3) is 5.91 Å². The van der Waals surface area contributed by atoms with E-state index in [-0.39, 0.29) is 12.5 Å². The highest BCUT2D eigenvalue weighted by Crippen LogP contribution is 2.19. The van der Waals surface area contributed by atoms with Crippen molar-refractivity contribution >= 4 is 5.91 Å². The number of H-pyrrole nitrogens is 1. The van der Waals surface area contributed by atoms with Crippen LogP contribution in [0.25, 0.3) is 0 Å². The summed E-state index contributed by atoms with van der Waals surface area (Å²) in [7, 11) is 1.71. The molecule has 1 aromatic heterocycles. The molecule has 20 heavy (non-hydrogen) atoms. The van der Waals surface area contributed by atoms with E-state index in [9.17, 15) is 4.79 Å². The van der Waals surface area contributed by atoms with E-state index in [0.29, 0.717) is 12.4 Å². The number of ether oxygens (including phenoxy) is 1. The fourth-order valence-electron chi connectivity index (χ4n) is 1.73.